The van der Waals surface area contributed by atoms with E-state index in [1.165, 1.54) is 17.3 Å². The van der Waals surface area contributed by atoms with Crippen molar-refractivity contribution in [2.24, 2.45) is 5.73 Å². The van der Waals surface area contributed by atoms with Gasteiger partial charge in [-0.3, -0.25) is 4.79 Å². The van der Waals surface area contributed by atoms with E-state index < -0.39 is 0 Å². The van der Waals surface area contributed by atoms with Gasteiger partial charge in [0.25, 0.3) is 5.91 Å². The van der Waals surface area contributed by atoms with E-state index in [0.717, 1.165) is 24.9 Å². The minimum atomic E-state index is -0.188. The molecular weight excluding hydrogens is 286 g/mol. The average Bonchev–Trinajstić information content (AvgIpc) is 2.48. The molecule has 0 fully saturated rings. The molecule has 3 rings (SSSR count). The van der Waals surface area contributed by atoms with Gasteiger partial charge in [0, 0.05) is 17.9 Å². The van der Waals surface area contributed by atoms with Gasteiger partial charge < -0.3 is 11.1 Å². The molecule has 1 atom stereocenters. The summed E-state index contributed by atoms with van der Waals surface area (Å²) in [6.07, 6.45) is 4.33. The van der Waals surface area contributed by atoms with Crippen molar-refractivity contribution < 1.29 is 4.79 Å². The maximum atomic E-state index is 12.1. The second kappa shape index (κ2) is 5.84. The number of anilines is 1. The van der Waals surface area contributed by atoms with Crippen LogP contribution in [0.2, 0.25) is 5.15 Å². The Labute approximate surface area is 128 Å². The van der Waals surface area contributed by atoms with Gasteiger partial charge in [0.05, 0.1) is 5.56 Å². The zero-order chi connectivity index (χ0) is 14.8. The number of nitrogens with zero attached hydrogens (tertiary/aromatic N) is 1. The van der Waals surface area contributed by atoms with Crippen LogP contribution in [-0.2, 0) is 12.8 Å². The van der Waals surface area contributed by atoms with E-state index in [4.69, 9.17) is 17.3 Å². The van der Waals surface area contributed by atoms with Crippen LogP contribution < -0.4 is 11.1 Å². The Kier molecular flexibility index (Phi) is 3.90. The van der Waals surface area contributed by atoms with Crippen LogP contribution in [0.3, 0.4) is 0 Å². The largest absolute Gasteiger partial charge is 0.327 e. The van der Waals surface area contributed by atoms with Crippen molar-refractivity contribution in [3.05, 3.63) is 58.4 Å². The Morgan fingerprint density at radius 1 is 1.29 bits per heavy atom. The standard InChI is InChI=1S/C16H16ClN3O/c17-15-6-3-12(9-19-15)16(21)20-14-5-2-10-7-13(18)4-1-11(10)8-14/h2-3,5-6,8-9,13H,1,4,7,18H2,(H,20,21). The van der Waals surface area contributed by atoms with E-state index in [0.29, 0.717) is 10.7 Å². The molecule has 3 N–H and O–H groups in total. The molecule has 21 heavy (non-hydrogen) atoms. The number of halogens is 1. The summed E-state index contributed by atoms with van der Waals surface area (Å²) in [5.74, 6) is -0.188. The predicted octanol–water partition coefficient (Wildman–Crippen LogP) is 2.80. The number of nitrogens with one attached hydrogen (secondary N) is 1. The minimum Gasteiger partial charge on any atom is -0.327 e. The number of carbonyl (C=O) groups is 1. The molecular formula is C16H16ClN3O. The number of hydrogen-bond acceptors (Lipinski definition) is 3. The van der Waals surface area contributed by atoms with Gasteiger partial charge >= 0.3 is 0 Å². The lowest BCUT2D eigenvalue weighted by Gasteiger charge is -2.22. The molecule has 1 aromatic carbocycles. The quantitative estimate of drug-likeness (QED) is 0.838. The molecule has 108 valence electrons. The first kappa shape index (κ1) is 14.0. The number of aryl methyl sites for hydroxylation is 1. The fourth-order valence-electron chi connectivity index (χ4n) is 2.57. The lowest BCUT2D eigenvalue weighted by Crippen LogP contribution is -2.27. The number of carbonyl (C=O) groups excluding carboxylic acids is 1. The Morgan fingerprint density at radius 2 is 2.14 bits per heavy atom. The maximum absolute atomic E-state index is 12.1. The second-order valence-corrected chi connectivity index (χ2v) is 5.70. The summed E-state index contributed by atoms with van der Waals surface area (Å²) in [5, 5.41) is 3.26. The van der Waals surface area contributed by atoms with Crippen molar-refractivity contribution in [1.29, 1.82) is 0 Å². The SMILES string of the molecule is NC1CCc2cc(NC(=O)c3ccc(Cl)nc3)ccc2C1. The van der Waals surface area contributed by atoms with Gasteiger partial charge in [-0.2, -0.15) is 0 Å². The van der Waals surface area contributed by atoms with Gasteiger partial charge in [-0.25, -0.2) is 4.98 Å². The van der Waals surface area contributed by atoms with Crippen LogP contribution in [0.5, 0.6) is 0 Å². The molecule has 5 heteroatoms. The number of hydrogen-bond donors (Lipinski definition) is 2. The van der Waals surface area contributed by atoms with Gasteiger partial charge in [0.2, 0.25) is 0 Å². The summed E-state index contributed by atoms with van der Waals surface area (Å²) < 4.78 is 0. The van der Waals surface area contributed by atoms with Crippen LogP contribution in [0.15, 0.2) is 36.5 Å². The third-order valence-electron chi connectivity index (χ3n) is 3.72. The first-order valence-corrected chi connectivity index (χ1v) is 7.30. The second-order valence-electron chi connectivity index (χ2n) is 5.31. The summed E-state index contributed by atoms with van der Waals surface area (Å²) in [5.41, 5.74) is 9.79. The first-order chi connectivity index (χ1) is 10.1. The highest BCUT2D eigenvalue weighted by molar-refractivity contribution is 6.29. The topological polar surface area (TPSA) is 68.0 Å². The van der Waals surface area contributed by atoms with Crippen LogP contribution in [0, 0.1) is 0 Å². The molecule has 0 saturated carbocycles. The van der Waals surface area contributed by atoms with Gasteiger partial charge in [-0.15, -0.1) is 0 Å². The highest BCUT2D eigenvalue weighted by Gasteiger charge is 2.16. The number of nitrogens with two attached hydrogens (primary N) is 1. The fourth-order valence-corrected chi connectivity index (χ4v) is 2.69. The lowest BCUT2D eigenvalue weighted by molar-refractivity contribution is 0.102. The van der Waals surface area contributed by atoms with Crippen LogP contribution in [0.1, 0.15) is 27.9 Å². The van der Waals surface area contributed by atoms with Crippen molar-refractivity contribution >= 4 is 23.2 Å². The zero-order valence-electron chi connectivity index (χ0n) is 11.5. The van der Waals surface area contributed by atoms with E-state index in [-0.39, 0.29) is 11.9 Å². The van der Waals surface area contributed by atoms with E-state index in [2.05, 4.69) is 10.3 Å². The normalized spacial score (nSPS) is 17.1. The molecule has 0 aliphatic heterocycles. The predicted molar refractivity (Wildman–Crippen MR) is 83.6 cm³/mol. The fraction of sp³-hybridized carbons (Fsp3) is 0.250. The zero-order valence-corrected chi connectivity index (χ0v) is 12.2. The van der Waals surface area contributed by atoms with Gasteiger partial charge in [0.1, 0.15) is 5.15 Å². The van der Waals surface area contributed by atoms with E-state index in [9.17, 15) is 4.79 Å². The number of rotatable bonds is 2. The highest BCUT2D eigenvalue weighted by Crippen LogP contribution is 2.24. The van der Waals surface area contributed by atoms with E-state index >= 15 is 0 Å². The highest BCUT2D eigenvalue weighted by atomic mass is 35.5. The minimum absolute atomic E-state index is 0.188. The van der Waals surface area contributed by atoms with Crippen molar-refractivity contribution in [2.45, 2.75) is 25.3 Å². The molecule has 0 spiro atoms. The van der Waals surface area contributed by atoms with Crippen LogP contribution in [0.25, 0.3) is 0 Å². The Bertz CT molecular complexity index is 670. The molecule has 1 unspecified atom stereocenters. The number of benzene rings is 1. The Balaban J connectivity index is 1.76. The van der Waals surface area contributed by atoms with E-state index in [1.807, 2.05) is 18.2 Å². The van der Waals surface area contributed by atoms with Crippen LogP contribution in [0.4, 0.5) is 5.69 Å². The number of aromatic nitrogens is 1. The van der Waals surface area contributed by atoms with E-state index in [1.54, 1.807) is 12.1 Å². The maximum Gasteiger partial charge on any atom is 0.257 e. The molecule has 0 radical (unpaired) electrons. The van der Waals surface area contributed by atoms with Gasteiger partial charge in [-0.1, -0.05) is 17.7 Å². The van der Waals surface area contributed by atoms with Crippen molar-refractivity contribution in [3.8, 4) is 0 Å². The molecule has 1 aliphatic carbocycles. The van der Waals surface area contributed by atoms with Crippen LogP contribution >= 0.6 is 11.6 Å². The smallest absolute Gasteiger partial charge is 0.257 e. The first-order valence-electron chi connectivity index (χ1n) is 6.92. The molecule has 1 amide bonds. The summed E-state index contributed by atoms with van der Waals surface area (Å²) in [6.45, 7) is 0. The average molecular weight is 302 g/mol. The molecule has 1 heterocycles. The number of amides is 1. The molecule has 1 aliphatic rings. The summed E-state index contributed by atoms with van der Waals surface area (Å²) >= 11 is 5.71. The summed E-state index contributed by atoms with van der Waals surface area (Å²) in [6, 6.07) is 9.50. The van der Waals surface area contributed by atoms with Gasteiger partial charge in [-0.05, 0) is 54.7 Å². The molecule has 0 saturated heterocycles. The Hall–Kier alpha value is -1.91. The molecule has 1 aromatic heterocycles. The Morgan fingerprint density at radius 3 is 2.90 bits per heavy atom. The molecule has 4 nitrogen and oxygen atoms in total. The molecule has 0 bridgehead atoms. The lowest BCUT2D eigenvalue weighted by atomic mass is 9.88. The summed E-state index contributed by atoms with van der Waals surface area (Å²) in [4.78, 5) is 16.0. The van der Waals surface area contributed by atoms with Gasteiger partial charge in [0.15, 0.2) is 0 Å². The van der Waals surface area contributed by atoms with Crippen molar-refractivity contribution in [3.63, 3.8) is 0 Å². The third-order valence-corrected chi connectivity index (χ3v) is 3.94. The molecule has 2 aromatic rings. The summed E-state index contributed by atoms with van der Waals surface area (Å²) in [7, 11) is 0. The monoisotopic (exact) mass is 301 g/mol. The third kappa shape index (κ3) is 3.23. The van der Waals surface area contributed by atoms with Crippen molar-refractivity contribution in [2.75, 3.05) is 5.32 Å². The number of fused-ring (bicyclic) bond motifs is 1. The van der Waals surface area contributed by atoms with Crippen molar-refractivity contribution in [1.82, 2.24) is 4.98 Å². The van der Waals surface area contributed by atoms with Crippen LogP contribution in [-0.4, -0.2) is 16.9 Å². The number of pyridine rings is 1.